The molecule has 0 bridgehead atoms. The van der Waals surface area contributed by atoms with Gasteiger partial charge in [-0.1, -0.05) is 11.6 Å². The molecule has 2 N–H and O–H groups in total. The monoisotopic (exact) mass is 395 g/mol. The molecule has 8 heteroatoms. The van der Waals surface area contributed by atoms with Gasteiger partial charge in [-0.2, -0.15) is 0 Å². The van der Waals surface area contributed by atoms with E-state index in [0.29, 0.717) is 23.1 Å². The number of aryl methyl sites for hydroxylation is 1. The van der Waals surface area contributed by atoms with Crippen LogP contribution in [0.4, 0.5) is 0 Å². The van der Waals surface area contributed by atoms with Crippen molar-refractivity contribution in [3.05, 3.63) is 38.2 Å². The van der Waals surface area contributed by atoms with Crippen LogP contribution < -0.4 is 10.9 Å². The third kappa shape index (κ3) is 4.10. The van der Waals surface area contributed by atoms with Gasteiger partial charge < -0.3 is 24.3 Å². The van der Waals surface area contributed by atoms with Gasteiger partial charge in [-0.15, -0.1) is 0 Å². The van der Waals surface area contributed by atoms with Crippen LogP contribution in [-0.2, 0) is 27.2 Å². The first-order chi connectivity index (χ1) is 12.9. The standard InChI is InChI=1S/C19H22ClNO6/c1-10-12-6-15(20)17(23)14(9-21-8-11-4-3-5-26-11)18(12)27-19(24)13(10)7-16(22)25-2/h6,11,21,23H,3-5,7-9H2,1-2H3/t11-/m0/s1. The van der Waals surface area contributed by atoms with Gasteiger partial charge in [0, 0.05) is 25.1 Å². The van der Waals surface area contributed by atoms with Crippen LogP contribution in [-0.4, -0.2) is 37.4 Å². The lowest BCUT2D eigenvalue weighted by Crippen LogP contribution is -2.26. The quantitative estimate of drug-likeness (QED) is 0.572. The van der Waals surface area contributed by atoms with Gasteiger partial charge in [0.15, 0.2) is 0 Å². The Bertz CT molecular complexity index is 917. The van der Waals surface area contributed by atoms with Crippen LogP contribution in [0.3, 0.4) is 0 Å². The number of rotatable bonds is 6. The van der Waals surface area contributed by atoms with Gasteiger partial charge in [-0.05, 0) is 31.4 Å². The van der Waals surface area contributed by atoms with E-state index in [2.05, 4.69) is 10.1 Å². The lowest BCUT2D eigenvalue weighted by Gasteiger charge is -2.15. The van der Waals surface area contributed by atoms with Crippen molar-refractivity contribution in [2.45, 2.75) is 38.8 Å². The average Bonchev–Trinajstić information content (AvgIpc) is 3.16. The number of hydrogen-bond acceptors (Lipinski definition) is 7. The van der Waals surface area contributed by atoms with Gasteiger partial charge in [0.1, 0.15) is 11.3 Å². The van der Waals surface area contributed by atoms with E-state index in [0.717, 1.165) is 19.4 Å². The summed E-state index contributed by atoms with van der Waals surface area (Å²) in [6, 6.07) is 1.54. The second-order valence-corrected chi connectivity index (χ2v) is 6.98. The number of nitrogens with one attached hydrogen (secondary N) is 1. The number of aromatic hydroxyl groups is 1. The molecule has 3 rings (SSSR count). The molecule has 0 unspecified atom stereocenters. The van der Waals surface area contributed by atoms with E-state index in [4.69, 9.17) is 20.8 Å². The molecule has 0 amide bonds. The molecule has 1 aromatic carbocycles. The minimum absolute atomic E-state index is 0.132. The first kappa shape index (κ1) is 19.7. The van der Waals surface area contributed by atoms with Crippen LogP contribution >= 0.6 is 11.6 Å². The Morgan fingerprint density at radius 2 is 2.22 bits per heavy atom. The molecule has 0 aliphatic carbocycles. The molecule has 0 saturated carbocycles. The first-order valence-corrected chi connectivity index (χ1v) is 9.16. The van der Waals surface area contributed by atoms with Crippen LogP contribution in [0, 0.1) is 6.92 Å². The second kappa shape index (κ2) is 8.29. The summed E-state index contributed by atoms with van der Waals surface area (Å²) < 4.78 is 15.7. The summed E-state index contributed by atoms with van der Waals surface area (Å²) in [7, 11) is 1.26. The summed E-state index contributed by atoms with van der Waals surface area (Å²) in [5.74, 6) is -0.666. The highest BCUT2D eigenvalue weighted by molar-refractivity contribution is 6.33. The fourth-order valence-electron chi connectivity index (χ4n) is 3.29. The number of carbonyl (C=O) groups excluding carboxylic acids is 1. The van der Waals surface area contributed by atoms with Crippen molar-refractivity contribution in [3.63, 3.8) is 0 Å². The number of phenolic OH excluding ortho intramolecular Hbond substituents is 1. The third-order valence-corrected chi connectivity index (χ3v) is 5.13. The maximum absolute atomic E-state index is 12.4. The van der Waals surface area contributed by atoms with E-state index in [1.54, 1.807) is 6.92 Å². The van der Waals surface area contributed by atoms with Gasteiger partial charge in [0.2, 0.25) is 0 Å². The van der Waals surface area contributed by atoms with Crippen LogP contribution in [0.1, 0.15) is 29.5 Å². The Morgan fingerprint density at radius 3 is 2.89 bits per heavy atom. The number of ether oxygens (including phenoxy) is 2. The third-order valence-electron chi connectivity index (χ3n) is 4.85. The van der Waals surface area contributed by atoms with Crippen LogP contribution in [0.5, 0.6) is 5.75 Å². The lowest BCUT2D eigenvalue weighted by molar-refractivity contribution is -0.139. The minimum atomic E-state index is -0.632. The van der Waals surface area contributed by atoms with Crippen molar-refractivity contribution < 1.29 is 23.8 Å². The Labute approximate surface area is 161 Å². The van der Waals surface area contributed by atoms with Crippen molar-refractivity contribution in [1.82, 2.24) is 5.32 Å². The molecule has 27 heavy (non-hydrogen) atoms. The molecular weight excluding hydrogens is 374 g/mol. The molecule has 0 spiro atoms. The Hall–Kier alpha value is -2.09. The minimum Gasteiger partial charge on any atom is -0.506 e. The van der Waals surface area contributed by atoms with Crippen molar-refractivity contribution >= 4 is 28.5 Å². The molecule has 1 saturated heterocycles. The van der Waals surface area contributed by atoms with Crippen molar-refractivity contribution in [3.8, 4) is 5.75 Å². The van der Waals surface area contributed by atoms with Gasteiger partial charge in [0.25, 0.3) is 0 Å². The van der Waals surface area contributed by atoms with Crippen molar-refractivity contribution in [2.75, 3.05) is 20.3 Å². The van der Waals surface area contributed by atoms with Gasteiger partial charge in [-0.25, -0.2) is 4.79 Å². The molecule has 1 aliphatic rings. The van der Waals surface area contributed by atoms with Crippen LogP contribution in [0.15, 0.2) is 15.3 Å². The molecule has 7 nitrogen and oxygen atoms in total. The van der Waals surface area contributed by atoms with Crippen LogP contribution in [0.25, 0.3) is 11.0 Å². The number of phenols is 1. The zero-order valence-corrected chi connectivity index (χ0v) is 16.0. The lowest BCUT2D eigenvalue weighted by atomic mass is 10.0. The van der Waals surface area contributed by atoms with Gasteiger partial charge in [0.05, 0.1) is 35.8 Å². The predicted molar refractivity (Wildman–Crippen MR) is 100 cm³/mol. The molecule has 2 heterocycles. The maximum atomic E-state index is 12.4. The maximum Gasteiger partial charge on any atom is 0.340 e. The zero-order valence-electron chi connectivity index (χ0n) is 15.3. The zero-order chi connectivity index (χ0) is 19.6. The number of methoxy groups -OCH3 is 1. The van der Waals surface area contributed by atoms with Crippen LogP contribution in [0.2, 0.25) is 5.02 Å². The van der Waals surface area contributed by atoms with E-state index in [1.807, 2.05) is 0 Å². The fraction of sp³-hybridized carbons (Fsp3) is 0.474. The van der Waals surface area contributed by atoms with E-state index in [-0.39, 0.29) is 41.0 Å². The molecule has 2 aromatic rings. The molecule has 1 aromatic heterocycles. The number of carbonyl (C=O) groups is 1. The molecule has 1 aliphatic heterocycles. The van der Waals surface area contributed by atoms with E-state index in [9.17, 15) is 14.7 Å². The number of esters is 1. The van der Waals surface area contributed by atoms with Crippen molar-refractivity contribution in [2.24, 2.45) is 0 Å². The topological polar surface area (TPSA) is 98.0 Å². The van der Waals surface area contributed by atoms with E-state index < -0.39 is 11.6 Å². The first-order valence-electron chi connectivity index (χ1n) is 8.78. The number of halogens is 1. The molecule has 1 atom stereocenters. The number of fused-ring (bicyclic) bond motifs is 1. The molecule has 0 radical (unpaired) electrons. The highest BCUT2D eigenvalue weighted by atomic mass is 35.5. The van der Waals surface area contributed by atoms with E-state index in [1.165, 1.54) is 13.2 Å². The Balaban J connectivity index is 1.98. The Kier molecular flexibility index (Phi) is 6.04. The number of hydrogen-bond donors (Lipinski definition) is 2. The highest BCUT2D eigenvalue weighted by Gasteiger charge is 2.21. The summed E-state index contributed by atoms with van der Waals surface area (Å²) in [6.45, 7) is 3.36. The summed E-state index contributed by atoms with van der Waals surface area (Å²) in [6.07, 6.45) is 1.97. The summed E-state index contributed by atoms with van der Waals surface area (Å²) >= 11 is 6.18. The second-order valence-electron chi connectivity index (χ2n) is 6.57. The SMILES string of the molecule is COC(=O)Cc1c(C)c2cc(Cl)c(O)c(CNC[C@@H]3CCCO3)c2oc1=O. The Morgan fingerprint density at radius 1 is 1.44 bits per heavy atom. The van der Waals surface area contributed by atoms with Gasteiger partial charge in [-0.3, -0.25) is 4.79 Å². The molecular formula is C19H22ClNO6. The smallest absolute Gasteiger partial charge is 0.340 e. The molecule has 1 fully saturated rings. The summed E-state index contributed by atoms with van der Waals surface area (Å²) in [4.78, 5) is 24.0. The van der Waals surface area contributed by atoms with Gasteiger partial charge >= 0.3 is 11.6 Å². The highest BCUT2D eigenvalue weighted by Crippen LogP contribution is 2.36. The predicted octanol–water partition coefficient (Wildman–Crippen LogP) is 2.44. The number of benzene rings is 1. The normalized spacial score (nSPS) is 16.8. The molecule has 146 valence electrons. The largest absolute Gasteiger partial charge is 0.506 e. The summed E-state index contributed by atoms with van der Waals surface area (Å²) in [5, 5.41) is 14.3. The average molecular weight is 396 g/mol. The summed E-state index contributed by atoms with van der Waals surface area (Å²) in [5.41, 5.74) is 0.823. The van der Waals surface area contributed by atoms with Crippen molar-refractivity contribution in [1.29, 1.82) is 0 Å². The van der Waals surface area contributed by atoms with E-state index >= 15 is 0 Å². The fourth-order valence-corrected chi connectivity index (χ4v) is 3.51.